The average molecular weight is 557 g/mol. The number of rotatable bonds is 5. The maximum Gasteiger partial charge on any atom is 0.191 e. The normalized spacial score (nSPS) is 16.5. The molecule has 1 aliphatic rings. The molecule has 6 nitrogen and oxygen atoms in total. The molecule has 0 aliphatic carbocycles. The van der Waals surface area contributed by atoms with Crippen LogP contribution in [-0.2, 0) is 15.3 Å². The zero-order valence-electron chi connectivity index (χ0n) is 18.5. The highest BCUT2D eigenvalue weighted by atomic mass is 127. The molecule has 170 valence electrons. The van der Waals surface area contributed by atoms with Crippen LogP contribution in [0.25, 0.3) is 0 Å². The number of aliphatic imine (C=N–C) groups is 1. The lowest BCUT2D eigenvalue weighted by molar-refractivity contribution is 0.261. The van der Waals surface area contributed by atoms with Crippen LogP contribution in [0.2, 0.25) is 0 Å². The van der Waals surface area contributed by atoms with Crippen molar-refractivity contribution in [1.29, 1.82) is 0 Å². The minimum Gasteiger partial charge on any atom is -0.493 e. The van der Waals surface area contributed by atoms with E-state index in [1.165, 1.54) is 0 Å². The standard InChI is InChI=1S/C23H31N3O3S.HI/c1-23(2,3)17-9-11-18(12-10-17)30(27,28)16-14-25-22(24-4)26-20-13-15-29-21-8-6-5-7-19(20)21;/h5-12,20H,13-16H2,1-4H3,(H2,24,25,26);1H. The van der Waals surface area contributed by atoms with Gasteiger partial charge in [-0.3, -0.25) is 4.99 Å². The van der Waals surface area contributed by atoms with Crippen molar-refractivity contribution in [2.75, 3.05) is 26.0 Å². The van der Waals surface area contributed by atoms with Crippen LogP contribution in [0.4, 0.5) is 0 Å². The summed E-state index contributed by atoms with van der Waals surface area (Å²) in [6, 6.07) is 15.2. The van der Waals surface area contributed by atoms with Crippen molar-refractivity contribution in [2.45, 2.75) is 43.5 Å². The maximum absolute atomic E-state index is 12.7. The molecule has 1 heterocycles. The molecule has 0 saturated heterocycles. The third kappa shape index (κ3) is 6.58. The first-order valence-electron chi connectivity index (χ1n) is 10.2. The summed E-state index contributed by atoms with van der Waals surface area (Å²) in [4.78, 5) is 4.59. The fourth-order valence-corrected chi connectivity index (χ4v) is 4.59. The summed E-state index contributed by atoms with van der Waals surface area (Å²) in [5.74, 6) is 1.44. The number of hydrogen-bond acceptors (Lipinski definition) is 4. The van der Waals surface area contributed by atoms with Gasteiger partial charge in [-0.25, -0.2) is 8.42 Å². The van der Waals surface area contributed by atoms with Gasteiger partial charge in [0.25, 0.3) is 0 Å². The molecule has 0 bridgehead atoms. The number of nitrogens with zero attached hydrogens (tertiary/aromatic N) is 1. The Morgan fingerprint density at radius 1 is 1.13 bits per heavy atom. The quantitative estimate of drug-likeness (QED) is 0.330. The van der Waals surface area contributed by atoms with Crippen molar-refractivity contribution in [2.24, 2.45) is 4.99 Å². The molecule has 1 unspecified atom stereocenters. The molecule has 0 aromatic heterocycles. The lowest BCUT2D eigenvalue weighted by Crippen LogP contribution is -2.42. The van der Waals surface area contributed by atoms with Crippen LogP contribution in [0.3, 0.4) is 0 Å². The second-order valence-corrected chi connectivity index (χ2v) is 10.6. The number of sulfone groups is 1. The molecule has 2 aromatic rings. The molecule has 2 N–H and O–H groups in total. The Hall–Kier alpha value is -1.81. The molecule has 0 saturated carbocycles. The number of nitrogens with one attached hydrogen (secondary N) is 2. The van der Waals surface area contributed by atoms with Gasteiger partial charge in [0.15, 0.2) is 15.8 Å². The van der Waals surface area contributed by atoms with E-state index in [1.54, 1.807) is 19.2 Å². The highest BCUT2D eigenvalue weighted by molar-refractivity contribution is 14.0. The van der Waals surface area contributed by atoms with Crippen LogP contribution >= 0.6 is 24.0 Å². The van der Waals surface area contributed by atoms with Crippen LogP contribution in [0.15, 0.2) is 58.4 Å². The summed E-state index contributed by atoms with van der Waals surface area (Å²) >= 11 is 0. The lowest BCUT2D eigenvalue weighted by Gasteiger charge is -2.28. The van der Waals surface area contributed by atoms with Gasteiger partial charge in [-0.15, -0.1) is 24.0 Å². The monoisotopic (exact) mass is 557 g/mol. The van der Waals surface area contributed by atoms with Gasteiger partial charge in [0, 0.05) is 25.6 Å². The largest absolute Gasteiger partial charge is 0.493 e. The molecule has 0 fully saturated rings. The third-order valence-corrected chi connectivity index (χ3v) is 6.97. The lowest BCUT2D eigenvalue weighted by atomic mass is 9.87. The Morgan fingerprint density at radius 2 is 1.81 bits per heavy atom. The first kappa shape index (κ1) is 25.5. The smallest absolute Gasteiger partial charge is 0.191 e. The number of para-hydroxylation sites is 1. The first-order chi connectivity index (χ1) is 14.2. The molecular formula is C23H32IN3O3S. The second-order valence-electron chi connectivity index (χ2n) is 8.46. The summed E-state index contributed by atoms with van der Waals surface area (Å²) < 4.78 is 31.1. The van der Waals surface area contributed by atoms with Crippen molar-refractivity contribution >= 4 is 39.8 Å². The Kier molecular flexibility index (Phi) is 8.76. The maximum atomic E-state index is 12.7. The Bertz CT molecular complexity index is 999. The topological polar surface area (TPSA) is 79.8 Å². The van der Waals surface area contributed by atoms with E-state index in [1.807, 2.05) is 36.4 Å². The minimum atomic E-state index is -3.37. The van der Waals surface area contributed by atoms with Gasteiger partial charge in [-0.2, -0.15) is 0 Å². The highest BCUT2D eigenvalue weighted by Crippen LogP contribution is 2.31. The highest BCUT2D eigenvalue weighted by Gasteiger charge is 2.22. The zero-order chi connectivity index (χ0) is 21.8. The van der Waals surface area contributed by atoms with E-state index in [0.717, 1.165) is 23.3 Å². The predicted octanol–water partition coefficient (Wildman–Crippen LogP) is 4.06. The van der Waals surface area contributed by atoms with Crippen LogP contribution in [0.1, 0.15) is 44.4 Å². The molecule has 3 rings (SSSR count). The van der Waals surface area contributed by atoms with Crippen LogP contribution in [-0.4, -0.2) is 40.3 Å². The van der Waals surface area contributed by atoms with Crippen molar-refractivity contribution in [3.63, 3.8) is 0 Å². The van der Waals surface area contributed by atoms with Crippen molar-refractivity contribution in [3.8, 4) is 5.75 Å². The molecular weight excluding hydrogens is 525 g/mol. The molecule has 0 spiro atoms. The summed E-state index contributed by atoms with van der Waals surface area (Å²) in [5.41, 5.74) is 2.18. The van der Waals surface area contributed by atoms with E-state index >= 15 is 0 Å². The first-order valence-corrected chi connectivity index (χ1v) is 11.9. The SMILES string of the molecule is CN=C(NCCS(=O)(=O)c1ccc(C(C)(C)C)cc1)NC1CCOc2ccccc21.I. The van der Waals surface area contributed by atoms with E-state index in [9.17, 15) is 8.42 Å². The van der Waals surface area contributed by atoms with Crippen LogP contribution in [0, 0.1) is 0 Å². The average Bonchev–Trinajstić information content (AvgIpc) is 2.72. The molecule has 0 amide bonds. The summed E-state index contributed by atoms with van der Waals surface area (Å²) in [6.45, 7) is 7.22. The Balaban J connectivity index is 0.00000341. The van der Waals surface area contributed by atoms with Gasteiger partial charge >= 0.3 is 0 Å². The van der Waals surface area contributed by atoms with E-state index in [4.69, 9.17) is 4.74 Å². The number of guanidine groups is 1. The van der Waals surface area contributed by atoms with E-state index in [2.05, 4.69) is 36.4 Å². The summed E-state index contributed by atoms with van der Waals surface area (Å²) in [7, 11) is -1.69. The zero-order valence-corrected chi connectivity index (χ0v) is 21.7. The number of hydrogen-bond donors (Lipinski definition) is 2. The molecule has 8 heteroatoms. The van der Waals surface area contributed by atoms with E-state index in [-0.39, 0.29) is 47.7 Å². The van der Waals surface area contributed by atoms with Crippen LogP contribution in [0.5, 0.6) is 5.75 Å². The van der Waals surface area contributed by atoms with Gasteiger partial charge < -0.3 is 15.4 Å². The van der Waals surface area contributed by atoms with Gasteiger partial charge in [-0.05, 0) is 29.2 Å². The second kappa shape index (κ2) is 10.7. The fourth-order valence-electron chi connectivity index (χ4n) is 3.44. The van der Waals surface area contributed by atoms with Crippen molar-refractivity contribution in [3.05, 3.63) is 59.7 Å². The Morgan fingerprint density at radius 3 is 2.45 bits per heavy atom. The van der Waals surface area contributed by atoms with Gasteiger partial charge in [0.2, 0.25) is 0 Å². The number of halogens is 1. The molecule has 2 aromatic carbocycles. The van der Waals surface area contributed by atoms with Crippen molar-refractivity contribution in [1.82, 2.24) is 10.6 Å². The molecule has 31 heavy (non-hydrogen) atoms. The van der Waals surface area contributed by atoms with E-state index in [0.29, 0.717) is 17.5 Å². The molecule has 0 radical (unpaired) electrons. The summed E-state index contributed by atoms with van der Waals surface area (Å²) in [6.07, 6.45) is 0.816. The number of benzene rings is 2. The predicted molar refractivity (Wildman–Crippen MR) is 136 cm³/mol. The molecule has 1 aliphatic heterocycles. The number of fused-ring (bicyclic) bond motifs is 1. The third-order valence-electron chi connectivity index (χ3n) is 5.24. The van der Waals surface area contributed by atoms with Gasteiger partial charge in [0.1, 0.15) is 5.75 Å². The van der Waals surface area contributed by atoms with Crippen LogP contribution < -0.4 is 15.4 Å². The van der Waals surface area contributed by atoms with Gasteiger partial charge in [-0.1, -0.05) is 51.1 Å². The molecule has 1 atom stereocenters. The fraction of sp³-hybridized carbons (Fsp3) is 0.435. The van der Waals surface area contributed by atoms with Crippen molar-refractivity contribution < 1.29 is 13.2 Å². The summed E-state index contributed by atoms with van der Waals surface area (Å²) in [5, 5.41) is 6.50. The Labute approximate surface area is 202 Å². The number of ether oxygens (including phenoxy) is 1. The van der Waals surface area contributed by atoms with E-state index < -0.39 is 9.84 Å². The minimum absolute atomic E-state index is 0. The van der Waals surface area contributed by atoms with Gasteiger partial charge in [0.05, 0.1) is 23.3 Å².